The number of halogens is 3. The Morgan fingerprint density at radius 3 is 2.67 bits per heavy atom. The lowest BCUT2D eigenvalue weighted by Gasteiger charge is -2.19. The summed E-state index contributed by atoms with van der Waals surface area (Å²) in [4.78, 5) is 3.71. The zero-order chi connectivity index (χ0) is 13.2. The van der Waals surface area contributed by atoms with Gasteiger partial charge in [-0.1, -0.05) is 0 Å². The van der Waals surface area contributed by atoms with E-state index >= 15 is 0 Å². The molecule has 0 fully saturated rings. The molecule has 2 heterocycles. The summed E-state index contributed by atoms with van der Waals surface area (Å²) in [7, 11) is 0. The van der Waals surface area contributed by atoms with Crippen molar-refractivity contribution in [1.29, 1.82) is 0 Å². The molecule has 0 saturated carbocycles. The number of pyridine rings is 1. The first-order valence-electron chi connectivity index (χ1n) is 5.03. The molecule has 0 saturated heterocycles. The summed E-state index contributed by atoms with van der Waals surface area (Å²) in [6.07, 6.45) is 0.466. The molecule has 2 rings (SSSR count). The molecule has 0 amide bonds. The van der Waals surface area contributed by atoms with Crippen LogP contribution in [0.4, 0.5) is 13.2 Å². The topological polar surface area (TPSA) is 64.1 Å². The molecule has 4 nitrogen and oxygen atoms in total. The normalized spacial score (nSPS) is 13.6. The van der Waals surface area contributed by atoms with Gasteiger partial charge in [0.05, 0.1) is 24.1 Å². The van der Waals surface area contributed by atoms with Crippen LogP contribution in [0.2, 0.25) is 0 Å². The summed E-state index contributed by atoms with van der Waals surface area (Å²) < 4.78 is 43.4. The van der Waals surface area contributed by atoms with Gasteiger partial charge >= 0.3 is 6.18 Å². The minimum Gasteiger partial charge on any atom is -0.472 e. The minimum atomic E-state index is -4.46. The molecule has 0 aliphatic rings. The van der Waals surface area contributed by atoms with E-state index in [1.54, 1.807) is 0 Å². The highest BCUT2D eigenvalue weighted by Gasteiger charge is 2.35. The maximum Gasteiger partial charge on any atom is 0.416 e. The Hall–Kier alpha value is -1.86. The van der Waals surface area contributed by atoms with E-state index in [0.29, 0.717) is 5.56 Å². The minimum absolute atomic E-state index is 0.0473. The number of hydrogen-bond donors (Lipinski definition) is 2. The van der Waals surface area contributed by atoms with E-state index in [9.17, 15) is 13.2 Å². The second-order valence-corrected chi connectivity index (χ2v) is 3.62. The van der Waals surface area contributed by atoms with Crippen molar-refractivity contribution in [2.24, 2.45) is 5.84 Å². The van der Waals surface area contributed by atoms with Crippen LogP contribution >= 0.6 is 0 Å². The van der Waals surface area contributed by atoms with Gasteiger partial charge in [0, 0.05) is 23.5 Å². The van der Waals surface area contributed by atoms with Crippen LogP contribution in [0.3, 0.4) is 0 Å². The second-order valence-electron chi connectivity index (χ2n) is 3.62. The highest BCUT2D eigenvalue weighted by molar-refractivity contribution is 5.35. The van der Waals surface area contributed by atoms with Crippen molar-refractivity contribution >= 4 is 0 Å². The molecule has 0 bridgehead atoms. The van der Waals surface area contributed by atoms with Crippen LogP contribution in [-0.2, 0) is 6.18 Å². The van der Waals surface area contributed by atoms with Gasteiger partial charge in [-0.3, -0.25) is 10.8 Å². The number of alkyl halides is 3. The van der Waals surface area contributed by atoms with E-state index in [4.69, 9.17) is 10.3 Å². The molecule has 18 heavy (non-hydrogen) atoms. The zero-order valence-electron chi connectivity index (χ0n) is 9.11. The van der Waals surface area contributed by atoms with Crippen molar-refractivity contribution < 1.29 is 17.6 Å². The van der Waals surface area contributed by atoms with Crippen molar-refractivity contribution in [3.63, 3.8) is 0 Å². The average Bonchev–Trinajstić information content (AvgIpc) is 2.83. The summed E-state index contributed by atoms with van der Waals surface area (Å²) in [5.74, 6) is 5.32. The summed E-state index contributed by atoms with van der Waals surface area (Å²) >= 11 is 0. The number of hydrazine groups is 1. The van der Waals surface area contributed by atoms with Crippen LogP contribution in [0, 0.1) is 0 Å². The van der Waals surface area contributed by atoms with Gasteiger partial charge in [-0.25, -0.2) is 5.43 Å². The van der Waals surface area contributed by atoms with Crippen LogP contribution in [-0.4, -0.2) is 4.98 Å². The van der Waals surface area contributed by atoms with E-state index in [1.807, 2.05) is 0 Å². The van der Waals surface area contributed by atoms with Gasteiger partial charge < -0.3 is 4.42 Å². The largest absolute Gasteiger partial charge is 0.472 e. The number of rotatable bonds is 3. The quantitative estimate of drug-likeness (QED) is 0.653. The summed E-state index contributed by atoms with van der Waals surface area (Å²) in [6, 6.07) is 1.63. The maximum absolute atomic E-state index is 12.9. The first-order valence-corrected chi connectivity index (χ1v) is 5.03. The van der Waals surface area contributed by atoms with E-state index in [2.05, 4.69) is 10.4 Å². The number of nitrogens with two attached hydrogens (primary N) is 1. The van der Waals surface area contributed by atoms with E-state index in [-0.39, 0.29) is 5.56 Å². The number of nitrogens with one attached hydrogen (secondary N) is 1. The smallest absolute Gasteiger partial charge is 0.416 e. The first kappa shape index (κ1) is 12.6. The fraction of sp³-hybridized carbons (Fsp3) is 0.182. The van der Waals surface area contributed by atoms with Crippen molar-refractivity contribution in [2.75, 3.05) is 0 Å². The van der Waals surface area contributed by atoms with Gasteiger partial charge in [0.25, 0.3) is 0 Å². The second kappa shape index (κ2) is 4.79. The molecule has 2 aromatic heterocycles. The van der Waals surface area contributed by atoms with Gasteiger partial charge in [-0.05, 0) is 12.1 Å². The Bertz CT molecular complexity index is 511. The van der Waals surface area contributed by atoms with Crippen molar-refractivity contribution in [3.8, 4) is 0 Å². The van der Waals surface area contributed by atoms with Crippen LogP contribution in [0.25, 0.3) is 0 Å². The van der Waals surface area contributed by atoms with Crippen molar-refractivity contribution in [1.82, 2.24) is 10.4 Å². The highest BCUT2D eigenvalue weighted by atomic mass is 19.4. The molecule has 0 aliphatic carbocycles. The summed E-state index contributed by atoms with van der Waals surface area (Å²) in [6.45, 7) is 0. The number of hydrogen-bond acceptors (Lipinski definition) is 4. The van der Waals surface area contributed by atoms with Gasteiger partial charge in [0.2, 0.25) is 0 Å². The molecule has 1 atom stereocenters. The van der Waals surface area contributed by atoms with Crippen LogP contribution in [0.5, 0.6) is 0 Å². The van der Waals surface area contributed by atoms with E-state index in [1.165, 1.54) is 18.6 Å². The van der Waals surface area contributed by atoms with Crippen molar-refractivity contribution in [2.45, 2.75) is 12.2 Å². The predicted octanol–water partition coefficient (Wildman–Crippen LogP) is 2.25. The van der Waals surface area contributed by atoms with Gasteiger partial charge in [-0.15, -0.1) is 0 Å². The summed E-state index contributed by atoms with van der Waals surface area (Å²) in [5, 5.41) is 0. The van der Waals surface area contributed by atoms with Gasteiger partial charge in [0.15, 0.2) is 0 Å². The molecule has 0 aliphatic heterocycles. The fourth-order valence-corrected chi connectivity index (χ4v) is 1.70. The molecule has 0 aromatic carbocycles. The van der Waals surface area contributed by atoms with E-state index < -0.39 is 17.8 Å². The molecule has 96 valence electrons. The van der Waals surface area contributed by atoms with Crippen LogP contribution in [0.1, 0.15) is 22.7 Å². The Labute approximate surface area is 101 Å². The molecule has 3 N–H and O–H groups in total. The molecule has 7 heteroatoms. The Balaban J connectivity index is 2.50. The van der Waals surface area contributed by atoms with Crippen LogP contribution < -0.4 is 11.3 Å². The van der Waals surface area contributed by atoms with Gasteiger partial charge in [0.1, 0.15) is 0 Å². The number of nitrogens with zero attached hydrogens (tertiary/aromatic N) is 1. The lowest BCUT2D eigenvalue weighted by molar-refractivity contribution is -0.138. The molecular formula is C11H10F3N3O. The Morgan fingerprint density at radius 2 is 2.11 bits per heavy atom. The third kappa shape index (κ3) is 2.36. The molecule has 0 spiro atoms. The standard InChI is InChI=1S/C11H10F3N3O/c12-11(13,14)9-1-3-16-5-8(9)10(17-15)7-2-4-18-6-7/h1-6,10,17H,15H2. The highest BCUT2D eigenvalue weighted by Crippen LogP contribution is 2.35. The lowest BCUT2D eigenvalue weighted by atomic mass is 9.98. The third-order valence-electron chi connectivity index (χ3n) is 2.51. The molecule has 2 aromatic rings. The monoisotopic (exact) mass is 257 g/mol. The SMILES string of the molecule is NNC(c1ccoc1)c1cnccc1C(F)(F)F. The van der Waals surface area contributed by atoms with E-state index in [0.717, 1.165) is 18.5 Å². The fourth-order valence-electron chi connectivity index (χ4n) is 1.70. The Morgan fingerprint density at radius 1 is 1.33 bits per heavy atom. The lowest BCUT2D eigenvalue weighted by Crippen LogP contribution is -2.30. The van der Waals surface area contributed by atoms with Crippen LogP contribution in [0.15, 0.2) is 41.5 Å². The Kier molecular flexibility index (Phi) is 3.35. The predicted molar refractivity (Wildman–Crippen MR) is 57.1 cm³/mol. The van der Waals surface area contributed by atoms with Gasteiger partial charge in [-0.2, -0.15) is 13.2 Å². The number of furan rings is 1. The number of aromatic nitrogens is 1. The first-order chi connectivity index (χ1) is 8.54. The molecular weight excluding hydrogens is 247 g/mol. The van der Waals surface area contributed by atoms with Crippen molar-refractivity contribution in [3.05, 3.63) is 53.7 Å². The molecule has 1 unspecified atom stereocenters. The summed E-state index contributed by atoms with van der Waals surface area (Å²) in [5.41, 5.74) is 2.01. The zero-order valence-corrected chi connectivity index (χ0v) is 9.11. The molecule has 0 radical (unpaired) electrons. The average molecular weight is 257 g/mol. The third-order valence-corrected chi connectivity index (χ3v) is 2.51. The maximum atomic E-state index is 12.9.